The van der Waals surface area contributed by atoms with E-state index in [9.17, 15) is 13.2 Å². The fourth-order valence-electron chi connectivity index (χ4n) is 2.38. The van der Waals surface area contributed by atoms with Crippen molar-refractivity contribution in [3.05, 3.63) is 53.6 Å². The van der Waals surface area contributed by atoms with Crippen LogP contribution in [0.15, 0.2) is 36.7 Å². The monoisotopic (exact) mass is 297 g/mol. The summed E-state index contributed by atoms with van der Waals surface area (Å²) in [6.45, 7) is 3.69. The number of hydrogen-bond donors (Lipinski definition) is 2. The van der Waals surface area contributed by atoms with Gasteiger partial charge in [-0.05, 0) is 25.0 Å². The average Bonchev–Trinajstić information content (AvgIpc) is 2.97. The summed E-state index contributed by atoms with van der Waals surface area (Å²) < 4.78 is 39.2. The van der Waals surface area contributed by atoms with Gasteiger partial charge in [-0.1, -0.05) is 25.1 Å². The highest BCUT2D eigenvalue weighted by molar-refractivity contribution is 5.32. The molecule has 6 heteroatoms. The molecule has 0 spiro atoms. The Kier molecular flexibility index (Phi) is 4.67. The Balaban J connectivity index is 2.22. The van der Waals surface area contributed by atoms with E-state index in [2.05, 4.69) is 15.3 Å². The molecule has 2 aromatic rings. The van der Waals surface area contributed by atoms with Crippen LogP contribution >= 0.6 is 0 Å². The maximum atomic E-state index is 13.1. The van der Waals surface area contributed by atoms with Crippen molar-refractivity contribution in [1.82, 2.24) is 15.3 Å². The van der Waals surface area contributed by atoms with Crippen LogP contribution in [0.1, 0.15) is 49.3 Å². The standard InChI is InChI=1S/C15H18F3N3/c1-3-13(14-19-8-9-20-14)21-10(2)11-6-4-5-7-12(11)15(16,17)18/h4-10,13,21H,3H2,1-2H3,(H,19,20). The van der Waals surface area contributed by atoms with Crippen LogP contribution in [0.4, 0.5) is 13.2 Å². The third kappa shape index (κ3) is 3.64. The Morgan fingerprint density at radius 1 is 1.29 bits per heavy atom. The summed E-state index contributed by atoms with van der Waals surface area (Å²) in [5.41, 5.74) is -0.352. The molecule has 2 N–H and O–H groups in total. The predicted molar refractivity (Wildman–Crippen MR) is 74.6 cm³/mol. The lowest BCUT2D eigenvalue weighted by molar-refractivity contribution is -0.138. The Morgan fingerprint density at radius 3 is 2.57 bits per heavy atom. The van der Waals surface area contributed by atoms with E-state index < -0.39 is 17.8 Å². The van der Waals surface area contributed by atoms with Crippen LogP contribution in [-0.4, -0.2) is 9.97 Å². The molecular weight excluding hydrogens is 279 g/mol. The molecular formula is C15H18F3N3. The number of imidazole rings is 1. The first-order valence-corrected chi connectivity index (χ1v) is 6.85. The van der Waals surface area contributed by atoms with E-state index in [4.69, 9.17) is 0 Å². The lowest BCUT2D eigenvalue weighted by Crippen LogP contribution is -2.27. The summed E-state index contributed by atoms with van der Waals surface area (Å²) in [5, 5.41) is 3.20. The fraction of sp³-hybridized carbons (Fsp3) is 0.400. The van der Waals surface area contributed by atoms with Gasteiger partial charge < -0.3 is 10.3 Å². The van der Waals surface area contributed by atoms with Gasteiger partial charge in [-0.25, -0.2) is 4.98 Å². The normalized spacial score (nSPS) is 14.9. The van der Waals surface area contributed by atoms with Gasteiger partial charge in [0.1, 0.15) is 5.82 Å². The van der Waals surface area contributed by atoms with Crippen LogP contribution in [0.5, 0.6) is 0 Å². The first kappa shape index (κ1) is 15.6. The van der Waals surface area contributed by atoms with E-state index in [0.29, 0.717) is 0 Å². The quantitative estimate of drug-likeness (QED) is 0.867. The van der Waals surface area contributed by atoms with Crippen molar-refractivity contribution in [3.8, 4) is 0 Å². The van der Waals surface area contributed by atoms with E-state index in [1.165, 1.54) is 12.1 Å². The molecule has 0 aliphatic carbocycles. The highest BCUT2D eigenvalue weighted by Crippen LogP contribution is 2.35. The molecule has 0 fully saturated rings. The zero-order valence-electron chi connectivity index (χ0n) is 11.9. The van der Waals surface area contributed by atoms with Gasteiger partial charge in [0.2, 0.25) is 0 Å². The summed E-state index contributed by atoms with van der Waals surface area (Å²) in [6.07, 6.45) is -0.285. The molecule has 114 valence electrons. The van der Waals surface area contributed by atoms with Gasteiger partial charge in [0.05, 0.1) is 11.6 Å². The number of halogens is 3. The minimum absolute atomic E-state index is 0.115. The first-order valence-electron chi connectivity index (χ1n) is 6.85. The number of H-pyrrole nitrogens is 1. The van der Waals surface area contributed by atoms with E-state index in [1.54, 1.807) is 25.4 Å². The van der Waals surface area contributed by atoms with Crippen LogP contribution in [0.2, 0.25) is 0 Å². The topological polar surface area (TPSA) is 40.7 Å². The molecule has 2 atom stereocenters. The lowest BCUT2D eigenvalue weighted by Gasteiger charge is -2.23. The Morgan fingerprint density at radius 2 is 2.00 bits per heavy atom. The number of rotatable bonds is 5. The third-order valence-electron chi connectivity index (χ3n) is 3.44. The molecule has 1 aromatic heterocycles. The number of aromatic nitrogens is 2. The van der Waals surface area contributed by atoms with Crippen LogP contribution in [0, 0.1) is 0 Å². The summed E-state index contributed by atoms with van der Waals surface area (Å²) in [6, 6.07) is 5.10. The van der Waals surface area contributed by atoms with Crippen molar-refractivity contribution >= 4 is 0 Å². The molecule has 0 aliphatic heterocycles. The van der Waals surface area contributed by atoms with Crippen molar-refractivity contribution in [1.29, 1.82) is 0 Å². The van der Waals surface area contributed by atoms with Gasteiger partial charge in [-0.15, -0.1) is 0 Å². The van der Waals surface area contributed by atoms with Gasteiger partial charge in [-0.2, -0.15) is 13.2 Å². The molecule has 0 saturated heterocycles. The third-order valence-corrected chi connectivity index (χ3v) is 3.44. The van der Waals surface area contributed by atoms with Gasteiger partial charge in [0.25, 0.3) is 0 Å². The van der Waals surface area contributed by atoms with Gasteiger partial charge in [0.15, 0.2) is 0 Å². The molecule has 1 heterocycles. The SMILES string of the molecule is CCC(NC(C)c1ccccc1C(F)(F)F)c1ncc[nH]1. The van der Waals surface area contributed by atoms with E-state index in [-0.39, 0.29) is 11.6 Å². The second kappa shape index (κ2) is 6.30. The molecule has 0 amide bonds. The van der Waals surface area contributed by atoms with Crippen LogP contribution < -0.4 is 5.32 Å². The van der Waals surface area contributed by atoms with E-state index in [1.807, 2.05) is 6.92 Å². The molecule has 0 aliphatic rings. The molecule has 2 rings (SSSR count). The summed E-state index contributed by atoms with van der Waals surface area (Å²) >= 11 is 0. The van der Waals surface area contributed by atoms with Crippen molar-refractivity contribution < 1.29 is 13.2 Å². The van der Waals surface area contributed by atoms with Gasteiger partial charge in [-0.3, -0.25) is 0 Å². The Bertz CT molecular complexity index is 564. The number of nitrogens with one attached hydrogen (secondary N) is 2. The largest absolute Gasteiger partial charge is 0.416 e. The first-order chi connectivity index (χ1) is 9.93. The highest BCUT2D eigenvalue weighted by atomic mass is 19.4. The number of hydrogen-bond acceptors (Lipinski definition) is 2. The predicted octanol–water partition coefficient (Wildman–Crippen LogP) is 4.23. The molecule has 0 radical (unpaired) electrons. The zero-order valence-corrected chi connectivity index (χ0v) is 11.9. The lowest BCUT2D eigenvalue weighted by atomic mass is 10.00. The van der Waals surface area contributed by atoms with Crippen LogP contribution in [0.3, 0.4) is 0 Å². The number of benzene rings is 1. The molecule has 21 heavy (non-hydrogen) atoms. The second-order valence-corrected chi connectivity index (χ2v) is 4.91. The molecule has 0 saturated carbocycles. The van der Waals surface area contributed by atoms with Crippen molar-refractivity contribution in [2.75, 3.05) is 0 Å². The number of alkyl halides is 3. The molecule has 2 unspecified atom stereocenters. The smallest absolute Gasteiger partial charge is 0.347 e. The summed E-state index contributed by atoms with van der Waals surface area (Å²) in [5.74, 6) is 0.730. The number of nitrogens with zero attached hydrogens (tertiary/aromatic N) is 1. The average molecular weight is 297 g/mol. The minimum Gasteiger partial charge on any atom is -0.347 e. The Labute approximate surface area is 121 Å². The van der Waals surface area contributed by atoms with Crippen molar-refractivity contribution in [2.24, 2.45) is 0 Å². The van der Waals surface area contributed by atoms with Crippen molar-refractivity contribution in [3.63, 3.8) is 0 Å². The fourth-order valence-corrected chi connectivity index (χ4v) is 2.38. The molecule has 1 aromatic carbocycles. The highest BCUT2D eigenvalue weighted by Gasteiger charge is 2.34. The second-order valence-electron chi connectivity index (χ2n) is 4.91. The zero-order chi connectivity index (χ0) is 15.5. The van der Waals surface area contributed by atoms with Crippen molar-refractivity contribution in [2.45, 2.75) is 38.5 Å². The molecule has 3 nitrogen and oxygen atoms in total. The van der Waals surface area contributed by atoms with Crippen LogP contribution in [0.25, 0.3) is 0 Å². The van der Waals surface area contributed by atoms with E-state index in [0.717, 1.165) is 18.3 Å². The van der Waals surface area contributed by atoms with E-state index >= 15 is 0 Å². The maximum absolute atomic E-state index is 13.1. The maximum Gasteiger partial charge on any atom is 0.416 e. The molecule has 0 bridgehead atoms. The van der Waals surface area contributed by atoms with Gasteiger partial charge in [0, 0.05) is 18.4 Å². The van der Waals surface area contributed by atoms with Gasteiger partial charge >= 0.3 is 6.18 Å². The number of aromatic amines is 1. The minimum atomic E-state index is -4.35. The summed E-state index contributed by atoms with van der Waals surface area (Å²) in [4.78, 5) is 7.16. The summed E-state index contributed by atoms with van der Waals surface area (Å²) in [7, 11) is 0. The Hall–Kier alpha value is -1.82. The van der Waals surface area contributed by atoms with Crippen LogP contribution in [-0.2, 0) is 6.18 Å².